The normalized spacial score (nSPS) is 13.4. The average molecular weight is 236 g/mol. The molecule has 0 spiro atoms. The number of aliphatic hydroxyl groups is 1. The van der Waals surface area contributed by atoms with Crippen LogP contribution in [-0.2, 0) is 9.47 Å². The van der Waals surface area contributed by atoms with Gasteiger partial charge in [-0.3, -0.25) is 0 Å². The number of hydrogen-bond donors (Lipinski definition) is 1. The first kappa shape index (κ1) is 13.9. The van der Waals surface area contributed by atoms with Crippen LogP contribution in [0, 0.1) is 0 Å². The Morgan fingerprint density at radius 1 is 1.18 bits per heavy atom. The summed E-state index contributed by atoms with van der Waals surface area (Å²) in [6, 6.07) is 10.0. The van der Waals surface area contributed by atoms with Crippen LogP contribution in [0.15, 0.2) is 36.4 Å². The fourth-order valence-corrected chi connectivity index (χ4v) is 1.53. The zero-order valence-electron chi connectivity index (χ0n) is 10.4. The van der Waals surface area contributed by atoms with E-state index in [1.807, 2.05) is 42.5 Å². The minimum Gasteiger partial charge on any atom is -0.393 e. The predicted octanol–water partition coefficient (Wildman–Crippen LogP) is 2.46. The summed E-state index contributed by atoms with van der Waals surface area (Å²) >= 11 is 0. The molecule has 0 heterocycles. The van der Waals surface area contributed by atoms with E-state index in [4.69, 9.17) is 9.47 Å². The Morgan fingerprint density at radius 2 is 1.82 bits per heavy atom. The fourth-order valence-electron chi connectivity index (χ4n) is 1.53. The second-order valence-corrected chi connectivity index (χ2v) is 3.84. The van der Waals surface area contributed by atoms with Gasteiger partial charge in [0.2, 0.25) is 0 Å². The van der Waals surface area contributed by atoms with Crippen molar-refractivity contribution in [1.82, 2.24) is 0 Å². The number of hydrogen-bond acceptors (Lipinski definition) is 3. The molecule has 1 N–H and O–H groups in total. The van der Waals surface area contributed by atoms with Crippen molar-refractivity contribution in [2.75, 3.05) is 14.2 Å². The van der Waals surface area contributed by atoms with Crippen molar-refractivity contribution in [3.8, 4) is 0 Å². The number of benzene rings is 1. The average Bonchev–Trinajstić information content (AvgIpc) is 2.37. The van der Waals surface area contributed by atoms with Gasteiger partial charge in [-0.25, -0.2) is 0 Å². The van der Waals surface area contributed by atoms with Crippen LogP contribution < -0.4 is 0 Å². The van der Waals surface area contributed by atoms with Gasteiger partial charge in [-0.2, -0.15) is 0 Å². The molecule has 17 heavy (non-hydrogen) atoms. The van der Waals surface area contributed by atoms with Crippen LogP contribution in [0.1, 0.15) is 18.4 Å². The van der Waals surface area contributed by atoms with Crippen LogP contribution in [0.2, 0.25) is 0 Å². The molecule has 94 valence electrons. The summed E-state index contributed by atoms with van der Waals surface area (Å²) < 4.78 is 10.1. The van der Waals surface area contributed by atoms with Gasteiger partial charge in [0, 0.05) is 20.6 Å². The smallest absolute Gasteiger partial charge is 0.159 e. The zero-order valence-corrected chi connectivity index (χ0v) is 10.4. The summed E-state index contributed by atoms with van der Waals surface area (Å²) in [6.45, 7) is 0. The quantitative estimate of drug-likeness (QED) is 0.739. The summed E-state index contributed by atoms with van der Waals surface area (Å²) in [5.41, 5.74) is 1.13. The van der Waals surface area contributed by atoms with E-state index in [0.717, 1.165) is 5.56 Å². The van der Waals surface area contributed by atoms with Crippen LogP contribution in [0.25, 0.3) is 6.08 Å². The van der Waals surface area contributed by atoms with Crippen molar-refractivity contribution < 1.29 is 14.6 Å². The molecule has 0 amide bonds. The molecule has 1 atom stereocenters. The Labute approximate surface area is 103 Å². The van der Waals surface area contributed by atoms with E-state index in [1.165, 1.54) is 0 Å². The van der Waals surface area contributed by atoms with E-state index in [9.17, 15) is 5.11 Å². The Morgan fingerprint density at radius 3 is 2.41 bits per heavy atom. The molecule has 3 heteroatoms. The number of methoxy groups -OCH3 is 2. The molecule has 0 saturated heterocycles. The maximum Gasteiger partial charge on any atom is 0.159 e. The van der Waals surface area contributed by atoms with Gasteiger partial charge < -0.3 is 14.6 Å². The topological polar surface area (TPSA) is 38.7 Å². The van der Waals surface area contributed by atoms with E-state index < -0.39 is 6.10 Å². The SMILES string of the molecule is COC(C[C@@H](O)C/C=C/c1ccccc1)OC. The highest BCUT2D eigenvalue weighted by molar-refractivity contribution is 5.48. The van der Waals surface area contributed by atoms with Crippen molar-refractivity contribution >= 4 is 6.08 Å². The maximum atomic E-state index is 9.75. The lowest BCUT2D eigenvalue weighted by Crippen LogP contribution is -2.20. The molecule has 0 aliphatic rings. The van der Waals surface area contributed by atoms with Crippen LogP contribution in [-0.4, -0.2) is 31.7 Å². The highest BCUT2D eigenvalue weighted by atomic mass is 16.7. The van der Waals surface area contributed by atoms with E-state index >= 15 is 0 Å². The Hall–Kier alpha value is -1.16. The van der Waals surface area contributed by atoms with Gasteiger partial charge in [0.15, 0.2) is 6.29 Å². The molecule has 0 aromatic heterocycles. The Balaban J connectivity index is 2.32. The number of rotatable bonds is 7. The largest absolute Gasteiger partial charge is 0.393 e. The molecular weight excluding hydrogens is 216 g/mol. The van der Waals surface area contributed by atoms with Crippen molar-refractivity contribution in [1.29, 1.82) is 0 Å². The van der Waals surface area contributed by atoms with E-state index in [-0.39, 0.29) is 6.29 Å². The molecule has 0 fully saturated rings. The molecule has 0 bridgehead atoms. The van der Waals surface area contributed by atoms with Crippen molar-refractivity contribution in [3.05, 3.63) is 42.0 Å². The van der Waals surface area contributed by atoms with Gasteiger partial charge in [-0.05, 0) is 12.0 Å². The van der Waals surface area contributed by atoms with Gasteiger partial charge in [0.05, 0.1) is 6.10 Å². The summed E-state index contributed by atoms with van der Waals surface area (Å²) in [4.78, 5) is 0. The molecule has 0 saturated carbocycles. The van der Waals surface area contributed by atoms with Gasteiger partial charge in [0.25, 0.3) is 0 Å². The first-order valence-corrected chi connectivity index (χ1v) is 5.71. The summed E-state index contributed by atoms with van der Waals surface area (Å²) in [7, 11) is 3.14. The van der Waals surface area contributed by atoms with E-state index in [2.05, 4.69) is 0 Å². The third kappa shape index (κ3) is 5.63. The highest BCUT2D eigenvalue weighted by Crippen LogP contribution is 2.08. The number of aliphatic hydroxyl groups excluding tert-OH is 1. The second-order valence-electron chi connectivity index (χ2n) is 3.84. The van der Waals surface area contributed by atoms with Crippen LogP contribution in [0.3, 0.4) is 0 Å². The molecule has 0 radical (unpaired) electrons. The molecule has 0 aliphatic carbocycles. The van der Waals surface area contributed by atoms with E-state index in [1.54, 1.807) is 14.2 Å². The van der Waals surface area contributed by atoms with Gasteiger partial charge in [0.1, 0.15) is 0 Å². The van der Waals surface area contributed by atoms with Crippen LogP contribution >= 0.6 is 0 Å². The fraction of sp³-hybridized carbons (Fsp3) is 0.429. The third-order valence-corrected chi connectivity index (χ3v) is 2.51. The highest BCUT2D eigenvalue weighted by Gasteiger charge is 2.11. The van der Waals surface area contributed by atoms with Crippen LogP contribution in [0.5, 0.6) is 0 Å². The summed E-state index contributed by atoms with van der Waals surface area (Å²) in [5.74, 6) is 0. The van der Waals surface area contributed by atoms with Crippen molar-refractivity contribution in [2.24, 2.45) is 0 Å². The lowest BCUT2D eigenvalue weighted by molar-refractivity contribution is -0.121. The molecule has 0 aliphatic heterocycles. The standard InChI is InChI=1S/C14H20O3/c1-16-14(17-2)11-13(15)10-6-9-12-7-4-3-5-8-12/h3-9,13-15H,10-11H2,1-2H3/b9-6+/t13-/m0/s1. The van der Waals surface area contributed by atoms with Crippen molar-refractivity contribution in [2.45, 2.75) is 25.2 Å². The predicted molar refractivity (Wildman–Crippen MR) is 68.5 cm³/mol. The van der Waals surface area contributed by atoms with Gasteiger partial charge in [-0.15, -0.1) is 0 Å². The molecule has 1 aromatic carbocycles. The Kier molecular flexibility index (Phi) is 6.55. The lowest BCUT2D eigenvalue weighted by Gasteiger charge is -2.16. The zero-order chi connectivity index (χ0) is 12.5. The Bertz CT molecular complexity index is 317. The second kappa shape index (κ2) is 8.01. The maximum absolute atomic E-state index is 9.75. The minimum absolute atomic E-state index is 0.338. The number of ether oxygens (including phenoxy) is 2. The molecule has 1 aromatic rings. The van der Waals surface area contributed by atoms with Gasteiger partial charge >= 0.3 is 0 Å². The molecule has 0 unspecified atom stereocenters. The first-order valence-electron chi connectivity index (χ1n) is 5.71. The molecule has 1 rings (SSSR count). The summed E-state index contributed by atoms with van der Waals surface area (Å²) in [5, 5.41) is 9.75. The third-order valence-electron chi connectivity index (χ3n) is 2.51. The molecular formula is C14H20O3. The van der Waals surface area contributed by atoms with Gasteiger partial charge in [-0.1, -0.05) is 42.5 Å². The minimum atomic E-state index is -0.445. The lowest BCUT2D eigenvalue weighted by atomic mass is 10.1. The first-order chi connectivity index (χ1) is 8.26. The molecule has 3 nitrogen and oxygen atoms in total. The van der Waals surface area contributed by atoms with Crippen molar-refractivity contribution in [3.63, 3.8) is 0 Å². The monoisotopic (exact) mass is 236 g/mol. The van der Waals surface area contributed by atoms with E-state index in [0.29, 0.717) is 12.8 Å². The summed E-state index contributed by atoms with van der Waals surface area (Å²) in [6.07, 6.45) is 4.25. The van der Waals surface area contributed by atoms with Crippen LogP contribution in [0.4, 0.5) is 0 Å².